The summed E-state index contributed by atoms with van der Waals surface area (Å²) in [6, 6.07) is 6.71. The molecule has 0 aromatic heterocycles. The summed E-state index contributed by atoms with van der Waals surface area (Å²) in [5, 5.41) is 8.99. The Morgan fingerprint density at radius 3 is 2.22 bits per heavy atom. The number of aliphatic carboxylic acids is 1. The number of allylic oxidation sites excluding steroid dienone is 1. The molecule has 1 saturated heterocycles. The van der Waals surface area contributed by atoms with Crippen molar-refractivity contribution >= 4 is 18.6 Å². The van der Waals surface area contributed by atoms with E-state index in [2.05, 4.69) is 45.9 Å². The van der Waals surface area contributed by atoms with Crippen LogP contribution in [0.25, 0.3) is 0 Å². The van der Waals surface area contributed by atoms with E-state index in [9.17, 15) is 4.79 Å². The number of carbonyl (C=O) groups is 1. The molecule has 4 nitrogen and oxygen atoms in total. The summed E-state index contributed by atoms with van der Waals surface area (Å²) < 4.78 is 12.4. The Hall–Kier alpha value is -1.59. The Morgan fingerprint density at radius 1 is 1.04 bits per heavy atom. The lowest BCUT2D eigenvalue weighted by Crippen LogP contribution is -2.41. The van der Waals surface area contributed by atoms with Crippen LogP contribution in [0, 0.1) is 0 Å². The fourth-order valence-corrected chi connectivity index (χ4v) is 4.86. The van der Waals surface area contributed by atoms with Crippen LogP contribution in [-0.4, -0.2) is 29.4 Å². The van der Waals surface area contributed by atoms with Crippen LogP contribution in [0.4, 0.5) is 0 Å². The number of hydrogen-bond acceptors (Lipinski definition) is 3. The molecule has 1 aromatic carbocycles. The van der Waals surface area contributed by atoms with Crippen molar-refractivity contribution in [3.05, 3.63) is 41.0 Å². The first-order valence-corrected chi connectivity index (χ1v) is 10.0. The Bertz CT molecular complexity index is 783. The molecule has 0 radical (unpaired) electrons. The van der Waals surface area contributed by atoms with Gasteiger partial charge in [-0.3, -0.25) is 0 Å². The molecule has 0 bridgehead atoms. The van der Waals surface area contributed by atoms with Crippen molar-refractivity contribution in [2.45, 2.75) is 82.8 Å². The minimum Gasteiger partial charge on any atom is -0.478 e. The van der Waals surface area contributed by atoms with Gasteiger partial charge in [-0.25, -0.2) is 4.79 Å². The normalized spacial score (nSPS) is 28.4. The van der Waals surface area contributed by atoms with Crippen LogP contribution in [0.15, 0.2) is 29.8 Å². The Morgan fingerprint density at radius 2 is 1.63 bits per heavy atom. The maximum absolute atomic E-state index is 10.9. The van der Waals surface area contributed by atoms with Crippen molar-refractivity contribution < 1.29 is 19.2 Å². The van der Waals surface area contributed by atoms with E-state index in [0.29, 0.717) is 0 Å². The van der Waals surface area contributed by atoms with Crippen molar-refractivity contribution in [3.8, 4) is 0 Å². The van der Waals surface area contributed by atoms with E-state index < -0.39 is 5.97 Å². The van der Waals surface area contributed by atoms with E-state index in [-0.39, 0.29) is 23.7 Å². The lowest BCUT2D eigenvalue weighted by atomic mass is 9.68. The summed E-state index contributed by atoms with van der Waals surface area (Å²) in [4.78, 5) is 10.9. The van der Waals surface area contributed by atoms with Crippen molar-refractivity contribution in [2.24, 2.45) is 0 Å². The fraction of sp³-hybridized carbons (Fsp3) is 0.591. The topological polar surface area (TPSA) is 55.8 Å². The summed E-state index contributed by atoms with van der Waals surface area (Å²) in [5.41, 5.74) is 4.62. The summed E-state index contributed by atoms with van der Waals surface area (Å²) in [5.74, 6) is -0.820. The molecular weight excluding hydrogens is 339 g/mol. The number of carboxylic acid groups (broad SMARTS) is 1. The number of aryl methyl sites for hydroxylation is 1. The standard InChI is InChI=1S/C22H29BO4/c1-20(2)21(3,4)27-23(26-20)17-5-6-18-16(14-17)9-12-22(18)10-7-15(8-11-22)13-19(24)25/h5-6,13-14H,7-12H2,1-4H3,(H,24,25). The van der Waals surface area contributed by atoms with Gasteiger partial charge >= 0.3 is 13.1 Å². The zero-order valence-electron chi connectivity index (χ0n) is 16.8. The molecule has 144 valence electrons. The van der Waals surface area contributed by atoms with Gasteiger partial charge in [-0.05, 0) is 88.2 Å². The minimum atomic E-state index is -0.820. The van der Waals surface area contributed by atoms with Crippen molar-refractivity contribution in [1.82, 2.24) is 0 Å². The third-order valence-electron chi connectivity index (χ3n) is 7.28. The number of hydrogen-bond donors (Lipinski definition) is 1. The fourth-order valence-electron chi connectivity index (χ4n) is 4.86. The first kappa shape index (κ1) is 18.8. The molecule has 1 N–H and O–H groups in total. The average Bonchev–Trinajstić information content (AvgIpc) is 3.04. The lowest BCUT2D eigenvalue weighted by Gasteiger charge is -2.35. The van der Waals surface area contributed by atoms with Crippen LogP contribution in [0.3, 0.4) is 0 Å². The lowest BCUT2D eigenvalue weighted by molar-refractivity contribution is -0.131. The predicted molar refractivity (Wildman–Crippen MR) is 106 cm³/mol. The van der Waals surface area contributed by atoms with E-state index in [0.717, 1.165) is 49.6 Å². The molecule has 0 amide bonds. The minimum absolute atomic E-state index is 0.222. The SMILES string of the molecule is CC1(C)OB(c2ccc3c(c2)CCC32CCC(=CC(=O)O)CC2)OC1(C)C. The average molecular weight is 368 g/mol. The zero-order valence-corrected chi connectivity index (χ0v) is 16.8. The monoisotopic (exact) mass is 368 g/mol. The van der Waals surface area contributed by atoms with Gasteiger partial charge in [0.2, 0.25) is 0 Å². The molecule has 2 fully saturated rings. The Kier molecular flexibility index (Phi) is 4.32. The maximum atomic E-state index is 10.9. The van der Waals surface area contributed by atoms with Gasteiger partial charge in [0.1, 0.15) is 0 Å². The second kappa shape index (κ2) is 6.21. The molecule has 2 aliphatic carbocycles. The molecule has 1 aliphatic heterocycles. The quantitative estimate of drug-likeness (QED) is 0.638. The van der Waals surface area contributed by atoms with Gasteiger partial charge in [0.15, 0.2) is 0 Å². The van der Waals surface area contributed by atoms with Crippen molar-refractivity contribution in [3.63, 3.8) is 0 Å². The number of rotatable bonds is 2. The Labute approximate surface area is 162 Å². The summed E-state index contributed by atoms with van der Waals surface area (Å²) >= 11 is 0. The van der Waals surface area contributed by atoms with Crippen molar-refractivity contribution in [2.75, 3.05) is 0 Å². The van der Waals surface area contributed by atoms with Gasteiger partial charge in [-0.15, -0.1) is 0 Å². The molecule has 0 atom stereocenters. The molecule has 27 heavy (non-hydrogen) atoms. The first-order valence-electron chi connectivity index (χ1n) is 10.0. The van der Waals surface area contributed by atoms with Crippen LogP contribution >= 0.6 is 0 Å². The Balaban J connectivity index is 1.55. The molecule has 1 spiro atoms. The largest absolute Gasteiger partial charge is 0.494 e. The molecular formula is C22H29BO4. The van der Waals surface area contributed by atoms with E-state index in [1.165, 1.54) is 17.2 Å². The van der Waals surface area contributed by atoms with Gasteiger partial charge in [0, 0.05) is 6.08 Å². The smallest absolute Gasteiger partial charge is 0.478 e. The third-order valence-corrected chi connectivity index (χ3v) is 7.28. The van der Waals surface area contributed by atoms with E-state index in [1.54, 1.807) is 0 Å². The van der Waals surface area contributed by atoms with E-state index >= 15 is 0 Å². The molecule has 4 rings (SSSR count). The van der Waals surface area contributed by atoms with Crippen LogP contribution in [0.1, 0.15) is 70.9 Å². The van der Waals surface area contributed by atoms with E-state index in [1.807, 2.05) is 0 Å². The first-order chi connectivity index (χ1) is 12.6. The molecule has 3 aliphatic rings. The highest BCUT2D eigenvalue weighted by Crippen LogP contribution is 2.49. The predicted octanol–water partition coefficient (Wildman–Crippen LogP) is 3.75. The summed E-state index contributed by atoms with van der Waals surface area (Å²) in [7, 11) is -0.312. The number of fused-ring (bicyclic) bond motifs is 2. The molecule has 5 heteroatoms. The number of carboxylic acids is 1. The molecule has 1 heterocycles. The second-order valence-electron chi connectivity index (χ2n) is 9.43. The van der Waals surface area contributed by atoms with Crippen molar-refractivity contribution in [1.29, 1.82) is 0 Å². The second-order valence-corrected chi connectivity index (χ2v) is 9.43. The van der Waals surface area contributed by atoms with E-state index in [4.69, 9.17) is 14.4 Å². The summed E-state index contributed by atoms with van der Waals surface area (Å²) in [6.45, 7) is 8.33. The van der Waals surface area contributed by atoms with Crippen LogP contribution in [0.5, 0.6) is 0 Å². The van der Waals surface area contributed by atoms with Crippen LogP contribution in [-0.2, 0) is 25.9 Å². The maximum Gasteiger partial charge on any atom is 0.494 e. The summed E-state index contributed by atoms with van der Waals surface area (Å²) in [6.07, 6.45) is 7.54. The molecule has 0 unspecified atom stereocenters. The van der Waals surface area contributed by atoms with Gasteiger partial charge in [-0.1, -0.05) is 23.8 Å². The highest BCUT2D eigenvalue weighted by Gasteiger charge is 2.52. The van der Waals surface area contributed by atoms with Gasteiger partial charge in [0.05, 0.1) is 11.2 Å². The van der Waals surface area contributed by atoms with Gasteiger partial charge in [0.25, 0.3) is 0 Å². The number of benzene rings is 1. The third kappa shape index (κ3) is 3.15. The van der Waals surface area contributed by atoms with Gasteiger partial charge < -0.3 is 14.4 Å². The van der Waals surface area contributed by atoms with Crippen LogP contribution < -0.4 is 5.46 Å². The zero-order chi connectivity index (χ0) is 19.4. The highest BCUT2D eigenvalue weighted by atomic mass is 16.7. The molecule has 1 aromatic rings. The molecule has 1 saturated carbocycles. The van der Waals surface area contributed by atoms with Crippen LogP contribution in [0.2, 0.25) is 0 Å². The van der Waals surface area contributed by atoms with Gasteiger partial charge in [-0.2, -0.15) is 0 Å². The highest BCUT2D eigenvalue weighted by molar-refractivity contribution is 6.62.